The van der Waals surface area contributed by atoms with Crippen molar-refractivity contribution >= 4 is 11.4 Å². The van der Waals surface area contributed by atoms with E-state index < -0.39 is 0 Å². The molecule has 0 radical (unpaired) electrons. The van der Waals surface area contributed by atoms with Crippen LogP contribution in [0.4, 0.5) is 11.4 Å². The lowest BCUT2D eigenvalue weighted by molar-refractivity contribution is -0.384. The zero-order valence-corrected chi connectivity index (χ0v) is 10.8. The number of nitro groups is 1. The van der Waals surface area contributed by atoms with E-state index in [4.69, 9.17) is 4.74 Å². The van der Waals surface area contributed by atoms with E-state index in [1.54, 1.807) is 30.6 Å². The fourth-order valence-corrected chi connectivity index (χ4v) is 2.28. The van der Waals surface area contributed by atoms with E-state index in [-0.39, 0.29) is 10.6 Å². The molecule has 20 heavy (non-hydrogen) atoms. The largest absolute Gasteiger partial charge is 0.378 e. The number of hydrogen-bond acceptors (Lipinski definition) is 5. The molecular formula is C13H14N4O3. The average molecular weight is 274 g/mol. The minimum absolute atomic E-state index is 0.0470. The van der Waals surface area contributed by atoms with Gasteiger partial charge >= 0.3 is 0 Å². The van der Waals surface area contributed by atoms with Crippen LogP contribution in [0.3, 0.4) is 0 Å². The molecular weight excluding hydrogens is 260 g/mol. The van der Waals surface area contributed by atoms with Crippen LogP contribution in [-0.2, 0) is 4.74 Å². The van der Waals surface area contributed by atoms with Gasteiger partial charge in [-0.15, -0.1) is 0 Å². The van der Waals surface area contributed by atoms with Crippen LogP contribution in [-0.4, -0.2) is 41.0 Å². The third kappa shape index (κ3) is 2.35. The molecule has 7 nitrogen and oxygen atoms in total. The highest BCUT2D eigenvalue weighted by molar-refractivity contribution is 5.62. The Hall–Kier alpha value is -2.41. The molecule has 3 rings (SSSR count). The molecule has 104 valence electrons. The van der Waals surface area contributed by atoms with Crippen molar-refractivity contribution in [2.75, 3.05) is 31.2 Å². The third-order valence-electron chi connectivity index (χ3n) is 3.28. The predicted octanol–water partition coefficient (Wildman–Crippen LogP) is 1.62. The van der Waals surface area contributed by atoms with Gasteiger partial charge in [-0.3, -0.25) is 10.1 Å². The van der Waals surface area contributed by atoms with Gasteiger partial charge in [0.2, 0.25) is 0 Å². The van der Waals surface area contributed by atoms with Crippen LogP contribution in [0.15, 0.2) is 36.7 Å². The monoisotopic (exact) mass is 274 g/mol. The van der Waals surface area contributed by atoms with E-state index in [1.165, 1.54) is 10.7 Å². The molecule has 0 saturated carbocycles. The van der Waals surface area contributed by atoms with Crippen LogP contribution < -0.4 is 4.90 Å². The summed E-state index contributed by atoms with van der Waals surface area (Å²) in [5.41, 5.74) is 1.47. The molecule has 1 saturated heterocycles. The van der Waals surface area contributed by atoms with E-state index in [9.17, 15) is 10.1 Å². The molecule has 1 aromatic heterocycles. The van der Waals surface area contributed by atoms with E-state index in [2.05, 4.69) is 10.00 Å². The molecule has 0 unspecified atom stereocenters. The number of nitrogens with zero attached hydrogens (tertiary/aromatic N) is 4. The molecule has 1 aliphatic heterocycles. The summed E-state index contributed by atoms with van der Waals surface area (Å²) >= 11 is 0. The first kappa shape index (κ1) is 12.6. The van der Waals surface area contributed by atoms with Gasteiger partial charge in [-0.05, 0) is 18.2 Å². The van der Waals surface area contributed by atoms with Crippen molar-refractivity contribution in [2.24, 2.45) is 0 Å². The Morgan fingerprint density at radius 3 is 2.75 bits per heavy atom. The lowest BCUT2D eigenvalue weighted by Crippen LogP contribution is -2.36. The van der Waals surface area contributed by atoms with Crippen molar-refractivity contribution in [2.45, 2.75) is 0 Å². The van der Waals surface area contributed by atoms with Gasteiger partial charge in [0.1, 0.15) is 5.69 Å². The van der Waals surface area contributed by atoms with E-state index in [1.807, 2.05) is 0 Å². The van der Waals surface area contributed by atoms with Gasteiger partial charge in [-0.25, -0.2) is 4.68 Å². The Balaban J connectivity index is 2.02. The maximum absolute atomic E-state index is 11.1. The molecule has 7 heteroatoms. The number of nitro benzene ring substituents is 1. The molecule has 0 aliphatic carbocycles. The van der Waals surface area contributed by atoms with Crippen LogP contribution >= 0.6 is 0 Å². The van der Waals surface area contributed by atoms with Crippen LogP contribution in [0.2, 0.25) is 0 Å². The lowest BCUT2D eigenvalue weighted by atomic mass is 10.2. The van der Waals surface area contributed by atoms with E-state index >= 15 is 0 Å². The van der Waals surface area contributed by atoms with Crippen molar-refractivity contribution in [1.82, 2.24) is 9.78 Å². The molecule has 0 bridgehead atoms. The minimum atomic E-state index is -0.389. The lowest BCUT2D eigenvalue weighted by Gasteiger charge is -2.29. The summed E-state index contributed by atoms with van der Waals surface area (Å²) in [5.74, 6) is 0. The number of anilines is 1. The second-order valence-corrected chi connectivity index (χ2v) is 4.48. The SMILES string of the molecule is O=[N+]([O-])c1ccc(N2CCOCC2)cc1-n1cccn1. The zero-order chi connectivity index (χ0) is 13.9. The maximum Gasteiger partial charge on any atom is 0.295 e. The van der Waals surface area contributed by atoms with E-state index in [0.29, 0.717) is 18.9 Å². The molecule has 0 amide bonds. The fourth-order valence-electron chi connectivity index (χ4n) is 2.28. The zero-order valence-electron chi connectivity index (χ0n) is 10.8. The van der Waals surface area contributed by atoms with Crippen molar-refractivity contribution in [3.63, 3.8) is 0 Å². The molecule has 2 aromatic rings. The van der Waals surface area contributed by atoms with Crippen LogP contribution in [0.1, 0.15) is 0 Å². The number of benzene rings is 1. The maximum atomic E-state index is 11.1. The highest BCUT2D eigenvalue weighted by atomic mass is 16.6. The topological polar surface area (TPSA) is 73.4 Å². The molecule has 0 atom stereocenters. The highest BCUT2D eigenvalue weighted by Gasteiger charge is 2.19. The Kier molecular flexibility index (Phi) is 3.34. The molecule has 0 N–H and O–H groups in total. The summed E-state index contributed by atoms with van der Waals surface area (Å²) in [7, 11) is 0. The fraction of sp³-hybridized carbons (Fsp3) is 0.308. The van der Waals surface area contributed by atoms with Crippen molar-refractivity contribution in [3.8, 4) is 5.69 Å². The quantitative estimate of drug-likeness (QED) is 0.628. The second kappa shape index (κ2) is 5.30. The Labute approximate surface area is 115 Å². The molecule has 1 aliphatic rings. The summed E-state index contributed by atoms with van der Waals surface area (Å²) in [6.45, 7) is 2.93. The van der Waals surface area contributed by atoms with E-state index in [0.717, 1.165) is 18.8 Å². The number of rotatable bonds is 3. The second-order valence-electron chi connectivity index (χ2n) is 4.48. The molecule has 1 fully saturated rings. The Morgan fingerprint density at radius 2 is 2.10 bits per heavy atom. The molecule has 2 heterocycles. The molecule has 1 aromatic carbocycles. The first-order valence-corrected chi connectivity index (χ1v) is 6.37. The summed E-state index contributed by atoms with van der Waals surface area (Å²) in [6, 6.07) is 6.85. The highest BCUT2D eigenvalue weighted by Crippen LogP contribution is 2.28. The third-order valence-corrected chi connectivity index (χ3v) is 3.28. The van der Waals surface area contributed by atoms with Gasteiger partial charge in [0, 0.05) is 37.2 Å². The first-order chi connectivity index (χ1) is 9.75. The Bertz CT molecular complexity index is 606. The van der Waals surface area contributed by atoms with Crippen molar-refractivity contribution in [3.05, 3.63) is 46.8 Å². The van der Waals surface area contributed by atoms with Crippen LogP contribution in [0, 0.1) is 10.1 Å². The van der Waals surface area contributed by atoms with Gasteiger partial charge in [0.25, 0.3) is 5.69 Å². The van der Waals surface area contributed by atoms with Gasteiger partial charge < -0.3 is 9.64 Å². The summed E-state index contributed by atoms with van der Waals surface area (Å²) in [5, 5.41) is 15.2. The van der Waals surface area contributed by atoms with Crippen LogP contribution in [0.5, 0.6) is 0 Å². The van der Waals surface area contributed by atoms with Gasteiger partial charge in [-0.1, -0.05) is 0 Å². The number of hydrogen-bond donors (Lipinski definition) is 0. The van der Waals surface area contributed by atoms with Gasteiger partial charge in [0.15, 0.2) is 0 Å². The molecule has 0 spiro atoms. The van der Waals surface area contributed by atoms with Gasteiger partial charge in [0.05, 0.1) is 18.1 Å². The number of morpholine rings is 1. The number of aromatic nitrogens is 2. The average Bonchev–Trinajstić information content (AvgIpc) is 3.01. The smallest absolute Gasteiger partial charge is 0.295 e. The normalized spacial score (nSPS) is 15.3. The first-order valence-electron chi connectivity index (χ1n) is 6.37. The van der Waals surface area contributed by atoms with Crippen molar-refractivity contribution < 1.29 is 9.66 Å². The standard InChI is InChI=1S/C13H14N4O3/c18-17(19)12-3-2-11(15-6-8-20-9-7-15)10-13(12)16-5-1-4-14-16/h1-5,10H,6-9H2. The van der Waals surface area contributed by atoms with Gasteiger partial charge in [-0.2, -0.15) is 5.10 Å². The number of ether oxygens (including phenoxy) is 1. The predicted molar refractivity (Wildman–Crippen MR) is 73.3 cm³/mol. The summed E-state index contributed by atoms with van der Waals surface area (Å²) < 4.78 is 6.83. The minimum Gasteiger partial charge on any atom is -0.378 e. The summed E-state index contributed by atoms with van der Waals surface area (Å²) in [6.07, 6.45) is 3.30. The Morgan fingerprint density at radius 1 is 1.30 bits per heavy atom. The van der Waals surface area contributed by atoms with Crippen molar-refractivity contribution in [1.29, 1.82) is 0 Å². The van der Waals surface area contributed by atoms with Crippen LogP contribution in [0.25, 0.3) is 5.69 Å². The summed E-state index contributed by atoms with van der Waals surface area (Å²) in [4.78, 5) is 12.9.